The van der Waals surface area contributed by atoms with Gasteiger partial charge in [-0.3, -0.25) is 10.2 Å². The largest absolute Gasteiger partial charge is 0.353 e. The van der Waals surface area contributed by atoms with Gasteiger partial charge in [0.2, 0.25) is 11.9 Å². The van der Waals surface area contributed by atoms with Gasteiger partial charge in [0.1, 0.15) is 6.54 Å². The van der Waals surface area contributed by atoms with Crippen LogP contribution in [0.25, 0.3) is 0 Å². The van der Waals surface area contributed by atoms with E-state index in [1.54, 1.807) is 0 Å². The highest BCUT2D eigenvalue weighted by Crippen LogP contribution is 2.18. The number of nitrogens with one attached hydrogen (secondary N) is 2. The molecule has 17 heavy (non-hydrogen) atoms. The molecule has 0 bridgehead atoms. The Morgan fingerprint density at radius 3 is 2.59 bits per heavy atom. The fourth-order valence-corrected chi connectivity index (χ4v) is 1.94. The number of hydrogen-bond donors (Lipinski definition) is 3. The van der Waals surface area contributed by atoms with E-state index < -0.39 is 0 Å². The Kier molecular flexibility index (Phi) is 4.19. The van der Waals surface area contributed by atoms with Gasteiger partial charge < -0.3 is 10.2 Å². The third-order valence-corrected chi connectivity index (χ3v) is 3.14. The number of likely N-dealkylation sites (tertiary alicyclic amines) is 1. The molecule has 0 atom stereocenters. The summed E-state index contributed by atoms with van der Waals surface area (Å²) in [6.07, 6.45) is 5.75. The van der Waals surface area contributed by atoms with E-state index in [1.807, 2.05) is 4.90 Å². The molecular weight excluding hydrogens is 218 g/mol. The second kappa shape index (κ2) is 5.86. The molecule has 1 aliphatic heterocycles. The van der Waals surface area contributed by atoms with Crippen LogP contribution >= 0.6 is 0 Å². The number of nitrogens with two attached hydrogens (primary N) is 1. The standard InChI is InChI=1S/C11H21N5O/c12-15-11(14-9-4-5-9)13-8-10(17)16-6-2-1-3-7-16/h9H,1-8,12H2,(H2,13,14,15). The lowest BCUT2D eigenvalue weighted by atomic mass is 10.1. The minimum absolute atomic E-state index is 0.0926. The van der Waals surface area contributed by atoms with Crippen molar-refractivity contribution in [3.05, 3.63) is 0 Å². The summed E-state index contributed by atoms with van der Waals surface area (Å²) in [6, 6.07) is 0.481. The maximum Gasteiger partial charge on any atom is 0.244 e. The minimum atomic E-state index is 0.0926. The van der Waals surface area contributed by atoms with Crippen LogP contribution in [-0.2, 0) is 4.79 Å². The van der Waals surface area contributed by atoms with Gasteiger partial charge in [-0.05, 0) is 32.1 Å². The number of hydrazine groups is 1. The predicted molar refractivity (Wildman–Crippen MR) is 66.2 cm³/mol. The van der Waals surface area contributed by atoms with Crippen LogP contribution in [0.4, 0.5) is 0 Å². The molecule has 1 heterocycles. The molecule has 0 spiro atoms. The molecule has 2 rings (SSSR count). The van der Waals surface area contributed by atoms with Crippen molar-refractivity contribution < 1.29 is 4.79 Å². The third kappa shape index (κ3) is 3.89. The van der Waals surface area contributed by atoms with Gasteiger partial charge in [-0.25, -0.2) is 10.8 Å². The molecule has 0 aromatic rings. The van der Waals surface area contributed by atoms with Crippen molar-refractivity contribution >= 4 is 11.9 Å². The van der Waals surface area contributed by atoms with E-state index in [0.717, 1.165) is 38.8 Å². The highest BCUT2D eigenvalue weighted by atomic mass is 16.2. The van der Waals surface area contributed by atoms with E-state index in [4.69, 9.17) is 5.84 Å². The summed E-state index contributed by atoms with van der Waals surface area (Å²) in [4.78, 5) is 17.9. The topological polar surface area (TPSA) is 82.7 Å². The Labute approximate surface area is 102 Å². The molecule has 1 aliphatic carbocycles. The molecule has 6 nitrogen and oxygen atoms in total. The molecule has 1 amide bonds. The van der Waals surface area contributed by atoms with Crippen LogP contribution in [0.5, 0.6) is 0 Å². The maximum absolute atomic E-state index is 11.8. The van der Waals surface area contributed by atoms with E-state index >= 15 is 0 Å². The summed E-state index contributed by atoms with van der Waals surface area (Å²) in [5, 5.41) is 3.14. The Morgan fingerprint density at radius 2 is 2.00 bits per heavy atom. The Hall–Kier alpha value is -1.30. The van der Waals surface area contributed by atoms with E-state index in [1.165, 1.54) is 6.42 Å². The first-order valence-corrected chi connectivity index (χ1v) is 6.35. The van der Waals surface area contributed by atoms with E-state index in [9.17, 15) is 4.79 Å². The molecule has 0 aromatic carbocycles. The average Bonchev–Trinajstić information content (AvgIpc) is 3.19. The molecule has 2 fully saturated rings. The molecule has 1 saturated heterocycles. The molecule has 0 radical (unpaired) electrons. The number of nitrogens with zero attached hydrogens (tertiary/aromatic N) is 2. The number of rotatable bonds is 3. The Bertz CT molecular complexity index is 294. The van der Waals surface area contributed by atoms with E-state index in [0.29, 0.717) is 12.0 Å². The van der Waals surface area contributed by atoms with E-state index in [-0.39, 0.29) is 12.5 Å². The fraction of sp³-hybridized carbons (Fsp3) is 0.818. The number of amides is 1. The molecule has 4 N–H and O–H groups in total. The first kappa shape index (κ1) is 12.2. The first-order chi connectivity index (χ1) is 8.29. The van der Waals surface area contributed by atoms with Crippen LogP contribution in [0.1, 0.15) is 32.1 Å². The number of aliphatic imine (C=N–C) groups is 1. The molecule has 2 aliphatic rings. The SMILES string of the molecule is NNC(=NCC(=O)N1CCCCC1)NC1CC1. The summed E-state index contributed by atoms with van der Waals surface area (Å²) in [7, 11) is 0. The van der Waals surface area contributed by atoms with Crippen molar-refractivity contribution in [2.45, 2.75) is 38.1 Å². The zero-order chi connectivity index (χ0) is 12.1. The van der Waals surface area contributed by atoms with Crippen molar-refractivity contribution in [3.8, 4) is 0 Å². The predicted octanol–water partition coefficient (Wildman–Crippen LogP) is -0.430. The highest BCUT2D eigenvalue weighted by Gasteiger charge is 2.22. The lowest BCUT2D eigenvalue weighted by molar-refractivity contribution is -0.130. The van der Waals surface area contributed by atoms with Crippen molar-refractivity contribution in [1.82, 2.24) is 15.6 Å². The fourth-order valence-electron chi connectivity index (χ4n) is 1.94. The van der Waals surface area contributed by atoms with Crippen LogP contribution in [0.2, 0.25) is 0 Å². The van der Waals surface area contributed by atoms with Gasteiger partial charge in [0.25, 0.3) is 0 Å². The lowest BCUT2D eigenvalue weighted by Gasteiger charge is -2.26. The molecule has 0 unspecified atom stereocenters. The smallest absolute Gasteiger partial charge is 0.244 e. The van der Waals surface area contributed by atoms with Gasteiger partial charge in [-0.1, -0.05) is 0 Å². The number of piperidine rings is 1. The van der Waals surface area contributed by atoms with E-state index in [2.05, 4.69) is 15.7 Å². The Morgan fingerprint density at radius 1 is 1.29 bits per heavy atom. The van der Waals surface area contributed by atoms with Crippen molar-refractivity contribution in [3.63, 3.8) is 0 Å². The van der Waals surface area contributed by atoms with Crippen molar-refractivity contribution in [1.29, 1.82) is 0 Å². The van der Waals surface area contributed by atoms with Gasteiger partial charge in [0.15, 0.2) is 0 Å². The van der Waals surface area contributed by atoms with Gasteiger partial charge in [-0.2, -0.15) is 0 Å². The normalized spacial score (nSPS) is 21.2. The minimum Gasteiger partial charge on any atom is -0.353 e. The molecule has 6 heteroatoms. The second-order valence-electron chi connectivity index (χ2n) is 4.67. The third-order valence-electron chi connectivity index (χ3n) is 3.14. The van der Waals surface area contributed by atoms with Gasteiger partial charge in [-0.15, -0.1) is 0 Å². The van der Waals surface area contributed by atoms with Crippen LogP contribution in [0.15, 0.2) is 4.99 Å². The van der Waals surface area contributed by atoms with Crippen molar-refractivity contribution in [2.24, 2.45) is 10.8 Å². The Balaban J connectivity index is 1.77. The number of guanidine groups is 1. The summed E-state index contributed by atoms with van der Waals surface area (Å²) < 4.78 is 0. The summed E-state index contributed by atoms with van der Waals surface area (Å²) >= 11 is 0. The molecular formula is C11H21N5O. The zero-order valence-corrected chi connectivity index (χ0v) is 10.1. The maximum atomic E-state index is 11.8. The van der Waals surface area contributed by atoms with Crippen LogP contribution in [0.3, 0.4) is 0 Å². The first-order valence-electron chi connectivity index (χ1n) is 6.35. The highest BCUT2D eigenvalue weighted by molar-refractivity contribution is 5.85. The monoisotopic (exact) mass is 239 g/mol. The molecule has 0 aromatic heterocycles. The van der Waals surface area contributed by atoms with Gasteiger partial charge in [0, 0.05) is 19.1 Å². The number of hydrogen-bond acceptors (Lipinski definition) is 3. The van der Waals surface area contributed by atoms with Gasteiger partial charge >= 0.3 is 0 Å². The zero-order valence-electron chi connectivity index (χ0n) is 10.1. The second-order valence-corrected chi connectivity index (χ2v) is 4.67. The summed E-state index contributed by atoms with van der Waals surface area (Å²) in [6.45, 7) is 1.92. The molecule has 1 saturated carbocycles. The van der Waals surface area contributed by atoms with Crippen LogP contribution < -0.4 is 16.6 Å². The lowest BCUT2D eigenvalue weighted by Crippen LogP contribution is -2.44. The van der Waals surface area contributed by atoms with Crippen LogP contribution in [-0.4, -0.2) is 42.4 Å². The van der Waals surface area contributed by atoms with Gasteiger partial charge in [0.05, 0.1) is 0 Å². The van der Waals surface area contributed by atoms with Crippen LogP contribution in [0, 0.1) is 0 Å². The quantitative estimate of drug-likeness (QED) is 0.270. The number of carbonyl (C=O) groups excluding carboxylic acids is 1. The summed E-state index contributed by atoms with van der Waals surface area (Å²) in [5.41, 5.74) is 2.50. The number of carbonyl (C=O) groups is 1. The summed E-state index contributed by atoms with van der Waals surface area (Å²) in [5.74, 6) is 5.96. The van der Waals surface area contributed by atoms with Crippen molar-refractivity contribution in [2.75, 3.05) is 19.6 Å². The average molecular weight is 239 g/mol. The molecule has 96 valence electrons.